The molecule has 0 aromatic heterocycles. The van der Waals surface area contributed by atoms with E-state index in [1.807, 2.05) is 0 Å². The number of carbonyl (C=O) groups is 3. The van der Waals surface area contributed by atoms with Crippen LogP contribution >= 0.6 is 15.9 Å². The summed E-state index contributed by atoms with van der Waals surface area (Å²) < 4.78 is 11.3. The SMILES string of the molecule is COc1ccc(NC(=O)C(=O)N2CCC3(CC2)CN(C)C(=O)O3)cc1Br. The molecule has 0 unspecified atom stereocenters. The summed E-state index contributed by atoms with van der Waals surface area (Å²) in [5.74, 6) is -0.658. The quantitative estimate of drug-likeness (QED) is 0.730. The van der Waals surface area contributed by atoms with Gasteiger partial charge in [-0.25, -0.2) is 4.79 Å². The zero-order chi connectivity index (χ0) is 18.9. The van der Waals surface area contributed by atoms with Crippen molar-refractivity contribution in [1.82, 2.24) is 9.80 Å². The minimum atomic E-state index is -0.696. The summed E-state index contributed by atoms with van der Waals surface area (Å²) in [5, 5.41) is 2.60. The highest BCUT2D eigenvalue weighted by Gasteiger charge is 2.46. The number of rotatable bonds is 2. The van der Waals surface area contributed by atoms with Crippen molar-refractivity contribution in [3.05, 3.63) is 22.7 Å². The Morgan fingerprint density at radius 2 is 2.00 bits per heavy atom. The van der Waals surface area contributed by atoms with E-state index < -0.39 is 17.4 Å². The first-order valence-corrected chi connectivity index (χ1v) is 9.01. The highest BCUT2D eigenvalue weighted by molar-refractivity contribution is 9.10. The second-order valence-electron chi connectivity index (χ2n) is 6.50. The monoisotopic (exact) mass is 425 g/mol. The predicted octanol–water partition coefficient (Wildman–Crippen LogP) is 1.84. The van der Waals surface area contributed by atoms with Crippen molar-refractivity contribution in [2.75, 3.05) is 39.1 Å². The number of nitrogens with zero attached hydrogens (tertiary/aromatic N) is 2. The van der Waals surface area contributed by atoms with E-state index in [0.29, 0.717) is 48.4 Å². The summed E-state index contributed by atoms with van der Waals surface area (Å²) in [6, 6.07) is 5.02. The van der Waals surface area contributed by atoms with Crippen LogP contribution in [-0.4, -0.2) is 67.1 Å². The van der Waals surface area contributed by atoms with Crippen LogP contribution in [-0.2, 0) is 14.3 Å². The minimum absolute atomic E-state index is 0.340. The second kappa shape index (κ2) is 7.14. The van der Waals surface area contributed by atoms with Crippen LogP contribution in [0.1, 0.15) is 12.8 Å². The third-order valence-corrected chi connectivity index (χ3v) is 5.33. The number of piperidine rings is 1. The van der Waals surface area contributed by atoms with E-state index in [4.69, 9.17) is 9.47 Å². The molecule has 1 N–H and O–H groups in total. The molecule has 2 aliphatic heterocycles. The number of anilines is 1. The number of methoxy groups -OCH3 is 1. The molecule has 3 rings (SSSR count). The van der Waals surface area contributed by atoms with Gasteiger partial charge in [0.05, 0.1) is 18.1 Å². The van der Waals surface area contributed by atoms with E-state index in [1.165, 1.54) is 9.80 Å². The smallest absolute Gasteiger partial charge is 0.410 e. The number of likely N-dealkylation sites (N-methyl/N-ethyl adjacent to an activating group) is 1. The average molecular weight is 426 g/mol. The number of benzene rings is 1. The van der Waals surface area contributed by atoms with Gasteiger partial charge in [-0.3, -0.25) is 9.59 Å². The van der Waals surface area contributed by atoms with Crippen molar-refractivity contribution in [3.8, 4) is 5.75 Å². The summed E-state index contributed by atoms with van der Waals surface area (Å²) in [4.78, 5) is 39.3. The molecule has 140 valence electrons. The number of hydrogen-bond acceptors (Lipinski definition) is 5. The summed E-state index contributed by atoms with van der Waals surface area (Å²) in [6.45, 7) is 1.26. The molecule has 0 radical (unpaired) electrons. The minimum Gasteiger partial charge on any atom is -0.496 e. The molecule has 2 saturated heterocycles. The molecule has 3 amide bonds. The van der Waals surface area contributed by atoms with Gasteiger partial charge in [-0.2, -0.15) is 0 Å². The lowest BCUT2D eigenvalue weighted by Gasteiger charge is -2.36. The maximum absolute atomic E-state index is 12.4. The van der Waals surface area contributed by atoms with Gasteiger partial charge in [-0.05, 0) is 34.1 Å². The topological polar surface area (TPSA) is 88.2 Å². The summed E-state index contributed by atoms with van der Waals surface area (Å²) in [6.07, 6.45) is 0.708. The van der Waals surface area contributed by atoms with Crippen LogP contribution in [0.2, 0.25) is 0 Å². The standard InChI is InChI=1S/C17H20BrN3O5/c1-20-10-17(26-16(20)24)5-7-21(8-6-17)15(23)14(22)19-11-3-4-13(25-2)12(18)9-11/h3-4,9H,5-8,10H2,1-2H3,(H,19,22). The number of carbonyl (C=O) groups excluding carboxylic acids is 3. The Morgan fingerprint density at radius 1 is 1.31 bits per heavy atom. The van der Waals surface area contributed by atoms with E-state index in [1.54, 1.807) is 32.4 Å². The predicted molar refractivity (Wildman–Crippen MR) is 97.0 cm³/mol. The van der Waals surface area contributed by atoms with Crippen molar-refractivity contribution in [3.63, 3.8) is 0 Å². The van der Waals surface area contributed by atoms with Gasteiger partial charge < -0.3 is 24.6 Å². The van der Waals surface area contributed by atoms with E-state index in [9.17, 15) is 14.4 Å². The molecule has 1 aromatic rings. The molecular formula is C17H20BrN3O5. The van der Waals surface area contributed by atoms with Crippen molar-refractivity contribution in [2.24, 2.45) is 0 Å². The van der Waals surface area contributed by atoms with Gasteiger partial charge in [0.25, 0.3) is 0 Å². The Bertz CT molecular complexity index is 746. The molecule has 1 aromatic carbocycles. The third kappa shape index (κ3) is 3.62. The van der Waals surface area contributed by atoms with Crippen LogP contribution in [0.4, 0.5) is 10.5 Å². The molecule has 2 fully saturated rings. The van der Waals surface area contributed by atoms with E-state index in [0.717, 1.165) is 0 Å². The molecule has 8 nitrogen and oxygen atoms in total. The largest absolute Gasteiger partial charge is 0.496 e. The Morgan fingerprint density at radius 3 is 2.54 bits per heavy atom. The molecule has 1 spiro atoms. The number of likely N-dealkylation sites (tertiary alicyclic amines) is 1. The van der Waals surface area contributed by atoms with Crippen LogP contribution < -0.4 is 10.1 Å². The van der Waals surface area contributed by atoms with Crippen LogP contribution in [0.25, 0.3) is 0 Å². The number of nitrogens with one attached hydrogen (secondary N) is 1. The van der Waals surface area contributed by atoms with Gasteiger partial charge in [0.2, 0.25) is 0 Å². The number of halogens is 1. The van der Waals surface area contributed by atoms with E-state index in [2.05, 4.69) is 21.2 Å². The third-order valence-electron chi connectivity index (χ3n) is 4.71. The lowest BCUT2D eigenvalue weighted by Crippen LogP contribution is -2.51. The Kier molecular flexibility index (Phi) is 5.08. The van der Waals surface area contributed by atoms with Gasteiger partial charge >= 0.3 is 17.9 Å². The van der Waals surface area contributed by atoms with Gasteiger partial charge in [0.15, 0.2) is 0 Å². The molecule has 0 aliphatic carbocycles. The van der Waals surface area contributed by atoms with Crippen molar-refractivity contribution in [1.29, 1.82) is 0 Å². The highest BCUT2D eigenvalue weighted by atomic mass is 79.9. The van der Waals surface area contributed by atoms with Gasteiger partial charge in [0, 0.05) is 38.7 Å². The zero-order valence-corrected chi connectivity index (χ0v) is 16.2. The molecule has 0 atom stereocenters. The molecule has 2 heterocycles. The average Bonchev–Trinajstić information content (AvgIpc) is 2.88. The van der Waals surface area contributed by atoms with Gasteiger partial charge in [0.1, 0.15) is 11.4 Å². The molecule has 9 heteroatoms. The van der Waals surface area contributed by atoms with E-state index >= 15 is 0 Å². The second-order valence-corrected chi connectivity index (χ2v) is 7.36. The fourth-order valence-electron chi connectivity index (χ4n) is 3.24. The number of amides is 3. The van der Waals surface area contributed by atoms with Crippen LogP contribution in [0.5, 0.6) is 5.75 Å². The van der Waals surface area contributed by atoms with Crippen molar-refractivity contribution < 1.29 is 23.9 Å². The highest BCUT2D eigenvalue weighted by Crippen LogP contribution is 2.32. The van der Waals surface area contributed by atoms with Crippen LogP contribution in [0.3, 0.4) is 0 Å². The lowest BCUT2D eigenvalue weighted by atomic mass is 9.91. The fraction of sp³-hybridized carbons (Fsp3) is 0.471. The lowest BCUT2D eigenvalue weighted by molar-refractivity contribution is -0.145. The zero-order valence-electron chi connectivity index (χ0n) is 14.6. The molecule has 0 bridgehead atoms. The van der Waals surface area contributed by atoms with Crippen LogP contribution in [0, 0.1) is 0 Å². The normalized spacial score (nSPS) is 18.7. The number of hydrogen-bond donors (Lipinski definition) is 1. The van der Waals surface area contributed by atoms with Crippen molar-refractivity contribution >= 4 is 39.5 Å². The molecular weight excluding hydrogens is 406 g/mol. The number of ether oxygens (including phenoxy) is 2. The Balaban J connectivity index is 1.57. The van der Waals surface area contributed by atoms with E-state index in [-0.39, 0.29) is 6.09 Å². The van der Waals surface area contributed by atoms with Crippen LogP contribution in [0.15, 0.2) is 22.7 Å². The maximum Gasteiger partial charge on any atom is 0.410 e. The van der Waals surface area contributed by atoms with Gasteiger partial charge in [-0.15, -0.1) is 0 Å². The van der Waals surface area contributed by atoms with Gasteiger partial charge in [-0.1, -0.05) is 0 Å². The molecule has 2 aliphatic rings. The first kappa shape index (κ1) is 18.5. The fourth-order valence-corrected chi connectivity index (χ4v) is 3.78. The Hall–Kier alpha value is -2.29. The summed E-state index contributed by atoms with van der Waals surface area (Å²) >= 11 is 3.34. The maximum atomic E-state index is 12.4. The summed E-state index contributed by atoms with van der Waals surface area (Å²) in [7, 11) is 3.24. The molecule has 0 saturated carbocycles. The summed E-state index contributed by atoms with van der Waals surface area (Å²) in [5.41, 5.74) is -0.0456. The Labute approximate surface area is 159 Å². The first-order valence-electron chi connectivity index (χ1n) is 8.21. The van der Waals surface area contributed by atoms with Crippen molar-refractivity contribution in [2.45, 2.75) is 18.4 Å². The first-order chi connectivity index (χ1) is 12.3. The molecule has 26 heavy (non-hydrogen) atoms.